The van der Waals surface area contributed by atoms with Crippen LogP contribution in [-0.4, -0.2) is 204 Å². The Labute approximate surface area is 551 Å². The van der Waals surface area contributed by atoms with Crippen molar-refractivity contribution in [3.8, 4) is 0 Å². The number of aryl methyl sites for hydroxylation is 1. The third-order valence-electron chi connectivity index (χ3n) is 19.2. The van der Waals surface area contributed by atoms with Gasteiger partial charge >= 0.3 is 0 Å². The minimum absolute atomic E-state index is 0.0425. The normalized spacial score (nSPS) is 23.3. The van der Waals surface area contributed by atoms with Crippen LogP contribution in [0.2, 0.25) is 0 Å². The molecular weight excluding hydrogens is 1140 g/mol. The van der Waals surface area contributed by atoms with Gasteiger partial charge in [0.25, 0.3) is 0 Å². The molecule has 0 aliphatic carbocycles. The number of hydrogen-bond acceptors (Lipinski definition) is 23. The molecule has 3 aromatic heterocycles. The van der Waals surface area contributed by atoms with E-state index in [1.54, 1.807) is 0 Å². The van der Waals surface area contributed by atoms with Gasteiger partial charge in [-0.3, -0.25) is 4.90 Å². The van der Waals surface area contributed by atoms with Crippen LogP contribution >= 0.6 is 0 Å². The van der Waals surface area contributed by atoms with E-state index in [-0.39, 0.29) is 85.6 Å². The predicted molar refractivity (Wildman–Crippen MR) is 381 cm³/mol. The average Bonchev–Trinajstić information content (AvgIpc) is 0.855. The first kappa shape index (κ1) is 73.3. The highest BCUT2D eigenvalue weighted by atomic mass is 15.4. The molecule has 0 saturated carbocycles. The molecular formula is C68H127N23. The summed E-state index contributed by atoms with van der Waals surface area (Å²) in [5, 5.41) is 26.8. The Morgan fingerprint density at radius 1 is 0.352 bits per heavy atom. The fourth-order valence-corrected chi connectivity index (χ4v) is 17.0. The molecule has 5 aliphatic rings. The number of hydrogen-bond donors (Lipinski definition) is 7. The van der Waals surface area contributed by atoms with Crippen molar-refractivity contribution < 1.29 is 0 Å². The molecule has 5 aliphatic heterocycles. The molecule has 5 saturated heterocycles. The van der Waals surface area contributed by atoms with Crippen molar-refractivity contribution in [1.29, 1.82) is 0 Å². The fraction of sp³-hybridized carbons (Fsp3) is 0.838. The zero-order valence-corrected chi connectivity index (χ0v) is 62.1. The molecule has 0 unspecified atom stereocenters. The highest BCUT2D eigenvalue weighted by molar-refractivity contribution is 5.49. The molecule has 0 spiro atoms. The minimum atomic E-state index is -0.0722. The molecule has 0 aromatic carbocycles. The molecule has 0 atom stereocenters. The second-order valence-electron chi connectivity index (χ2n) is 34.7. The van der Waals surface area contributed by atoms with E-state index in [2.05, 4.69) is 265 Å². The van der Waals surface area contributed by atoms with Crippen molar-refractivity contribution in [3.63, 3.8) is 0 Å². The van der Waals surface area contributed by atoms with Crippen LogP contribution in [0.4, 0.5) is 47.6 Å². The van der Waals surface area contributed by atoms with Crippen molar-refractivity contribution >= 4 is 47.6 Å². The first-order valence-corrected chi connectivity index (χ1v) is 33.9. The van der Waals surface area contributed by atoms with Crippen LogP contribution in [0.1, 0.15) is 215 Å². The van der Waals surface area contributed by atoms with Crippen LogP contribution in [0.5, 0.6) is 0 Å². The molecule has 514 valence electrons. The van der Waals surface area contributed by atoms with E-state index < -0.39 is 0 Å². The molecule has 8 rings (SSSR count). The molecule has 3 aromatic rings. The summed E-state index contributed by atoms with van der Waals surface area (Å²) in [6.07, 6.45) is 10.4. The largest absolute Gasteiger partial charge is 0.354 e. The SMILES string of the molecule is C=C.Cc1nc(N(CNc2nc(N(C)C3CC(C)(C)NC(C)(C)C3)nc(N(C)C3CC(C)(C)NC(C)(C)C3)n2)CN(C)CCCNc2nc(N(C)C3CC(C)(C)NC(C)(C)C3)nc(N(C)C3CC(C)(C)NC(C)(C)C3)n2)nc(N(C)C2CC(C)(C)NC(C)(C)C2)n1. The van der Waals surface area contributed by atoms with E-state index in [1.165, 1.54) is 0 Å². The third kappa shape index (κ3) is 20.0. The summed E-state index contributed by atoms with van der Waals surface area (Å²) >= 11 is 0. The maximum absolute atomic E-state index is 5.33. The second kappa shape index (κ2) is 27.0. The van der Waals surface area contributed by atoms with Gasteiger partial charge in [-0.2, -0.15) is 44.9 Å². The van der Waals surface area contributed by atoms with Crippen molar-refractivity contribution in [1.82, 2.24) is 76.3 Å². The van der Waals surface area contributed by atoms with E-state index in [0.29, 0.717) is 73.3 Å². The lowest BCUT2D eigenvalue weighted by molar-refractivity contribution is 0.159. The van der Waals surface area contributed by atoms with E-state index in [9.17, 15) is 0 Å². The second-order valence-corrected chi connectivity index (χ2v) is 34.7. The minimum Gasteiger partial charge on any atom is -0.354 e. The van der Waals surface area contributed by atoms with Gasteiger partial charge in [0.15, 0.2) is 0 Å². The van der Waals surface area contributed by atoms with Crippen LogP contribution in [0.25, 0.3) is 0 Å². The Bertz CT molecular complexity index is 2710. The molecule has 23 heteroatoms. The quantitative estimate of drug-likeness (QED) is 0.0300. The van der Waals surface area contributed by atoms with Gasteiger partial charge in [0, 0.05) is 134 Å². The zero-order chi connectivity index (χ0) is 68.0. The summed E-state index contributed by atoms with van der Waals surface area (Å²) in [5.74, 6) is 5.64. The van der Waals surface area contributed by atoms with Gasteiger partial charge < -0.3 is 66.6 Å². The van der Waals surface area contributed by atoms with E-state index in [0.717, 1.165) is 77.2 Å². The van der Waals surface area contributed by atoms with E-state index in [4.69, 9.17) is 44.9 Å². The summed E-state index contributed by atoms with van der Waals surface area (Å²) in [6, 6.07) is 1.08. The van der Waals surface area contributed by atoms with Crippen LogP contribution < -0.4 is 66.6 Å². The Morgan fingerprint density at radius 3 is 0.857 bits per heavy atom. The summed E-state index contributed by atoms with van der Waals surface area (Å²) in [5.41, 5.74) is -0.581. The predicted octanol–water partition coefficient (Wildman–Crippen LogP) is 9.35. The van der Waals surface area contributed by atoms with Gasteiger partial charge in [-0.1, -0.05) is 0 Å². The summed E-state index contributed by atoms with van der Waals surface area (Å²) in [7, 11) is 12.9. The van der Waals surface area contributed by atoms with Gasteiger partial charge in [0.1, 0.15) is 5.82 Å². The first-order chi connectivity index (χ1) is 41.7. The van der Waals surface area contributed by atoms with Crippen molar-refractivity contribution in [3.05, 3.63) is 19.0 Å². The Hall–Kier alpha value is -5.07. The van der Waals surface area contributed by atoms with Crippen molar-refractivity contribution in [2.45, 2.75) is 302 Å². The zero-order valence-electron chi connectivity index (χ0n) is 62.1. The number of rotatable bonds is 21. The van der Waals surface area contributed by atoms with Gasteiger partial charge in [0.2, 0.25) is 47.6 Å². The Morgan fingerprint density at radius 2 is 0.582 bits per heavy atom. The van der Waals surface area contributed by atoms with Crippen LogP contribution in [0.3, 0.4) is 0 Å². The number of nitrogens with zero attached hydrogens (tertiary/aromatic N) is 16. The van der Waals surface area contributed by atoms with Crippen LogP contribution in [0, 0.1) is 6.92 Å². The maximum atomic E-state index is 5.33. The fourth-order valence-electron chi connectivity index (χ4n) is 17.0. The molecule has 91 heavy (non-hydrogen) atoms. The molecule has 0 bridgehead atoms. The molecule has 23 nitrogen and oxygen atoms in total. The van der Waals surface area contributed by atoms with Crippen LogP contribution in [0.15, 0.2) is 13.2 Å². The molecule has 7 N–H and O–H groups in total. The van der Waals surface area contributed by atoms with Crippen molar-refractivity contribution in [2.24, 2.45) is 0 Å². The number of aromatic nitrogens is 9. The highest BCUT2D eigenvalue weighted by Gasteiger charge is 2.45. The first-order valence-electron chi connectivity index (χ1n) is 33.9. The van der Waals surface area contributed by atoms with Gasteiger partial charge in [0.05, 0.1) is 13.3 Å². The molecule has 0 radical (unpaired) electrons. The van der Waals surface area contributed by atoms with Gasteiger partial charge in [-0.15, -0.1) is 13.2 Å². The monoisotopic (exact) mass is 1270 g/mol. The highest BCUT2D eigenvalue weighted by Crippen LogP contribution is 2.39. The lowest BCUT2D eigenvalue weighted by atomic mass is 9.79. The molecule has 0 amide bonds. The average molecular weight is 1270 g/mol. The van der Waals surface area contributed by atoms with Crippen molar-refractivity contribution in [2.75, 3.05) is 109 Å². The summed E-state index contributed by atoms with van der Waals surface area (Å²) in [4.78, 5) is 62.9. The third-order valence-corrected chi connectivity index (χ3v) is 19.2. The molecule has 5 fully saturated rings. The van der Waals surface area contributed by atoms with Gasteiger partial charge in [-0.25, -0.2) is 0 Å². The van der Waals surface area contributed by atoms with Crippen LogP contribution in [-0.2, 0) is 0 Å². The lowest BCUT2D eigenvalue weighted by Gasteiger charge is -2.49. The number of anilines is 8. The summed E-state index contributed by atoms with van der Waals surface area (Å²) < 4.78 is 0. The topological polar surface area (TPSA) is 223 Å². The Balaban J connectivity index is 0.00000582. The lowest BCUT2D eigenvalue weighted by Crippen LogP contribution is -2.62. The summed E-state index contributed by atoms with van der Waals surface area (Å²) in [6.45, 7) is 56.1. The van der Waals surface area contributed by atoms with E-state index in [1.807, 2.05) is 6.92 Å². The number of nitrogens with one attached hydrogen (secondary N) is 7. The number of piperidine rings is 5. The maximum Gasteiger partial charge on any atom is 0.232 e. The van der Waals surface area contributed by atoms with Gasteiger partial charge in [-0.05, 0) is 223 Å². The Kier molecular flexibility index (Phi) is 21.7. The van der Waals surface area contributed by atoms with E-state index >= 15 is 0 Å². The molecule has 8 heterocycles. The smallest absolute Gasteiger partial charge is 0.232 e. The standard InChI is InChI=1S/C66H123N23.C2H4/c1-43-69-51(84(23)44-31-57(2,3)78-58(4,5)32-44)77-56(70-43)89(41-68-50-73-54(87(26)47-37-63(14,15)81-64(16,17)38-47)76-55(74-50)88(27)48-39-65(18,19)82-66(20,21)40-48)42-83(22)30-28-29-67-49-71-52(85(24)45-33-59(6,7)79-60(8,9)34-45)75-53(72-49)86(25)46-35-61(10,11)80-62(12,13)36-46;1-2/h44-48,78-82H,28-42H2,1-27H3,(H,67,71,72,75)(H,68,73,74,76);1-2H2.